The fraction of sp³-hybridized carbons (Fsp3) is 0.167. The van der Waals surface area contributed by atoms with Crippen molar-refractivity contribution in [2.24, 2.45) is 0 Å². The molecule has 5 aromatic carbocycles. The fourth-order valence-electron chi connectivity index (χ4n) is 6.70. The molecule has 0 aliphatic heterocycles. The second-order valence-electron chi connectivity index (χ2n) is 10.9. The highest BCUT2D eigenvalue weighted by Crippen LogP contribution is 2.51. The minimum Gasteiger partial charge on any atom is -0.0836 e. The van der Waals surface area contributed by atoms with Gasteiger partial charge in [-0.25, -0.2) is 0 Å². The maximum atomic E-state index is 2.46. The van der Waals surface area contributed by atoms with Crippen molar-refractivity contribution in [3.8, 4) is 22.3 Å². The monoisotopic (exact) mass is 462 g/mol. The number of hydrogen-bond donors (Lipinski definition) is 0. The molecule has 0 heterocycles. The number of hydrogen-bond acceptors (Lipinski definition) is 0. The Balaban J connectivity index is 1.44. The van der Waals surface area contributed by atoms with Gasteiger partial charge in [-0.15, -0.1) is 0 Å². The molecule has 0 unspecified atom stereocenters. The van der Waals surface area contributed by atoms with E-state index in [1.165, 1.54) is 72.5 Å². The lowest BCUT2D eigenvalue weighted by Gasteiger charge is -2.26. The molecule has 5 aromatic rings. The van der Waals surface area contributed by atoms with E-state index < -0.39 is 0 Å². The van der Waals surface area contributed by atoms with Crippen LogP contribution in [0.5, 0.6) is 0 Å². The van der Waals surface area contributed by atoms with Crippen molar-refractivity contribution in [3.63, 3.8) is 0 Å². The normalized spacial score (nSPS) is 16.0. The third-order valence-corrected chi connectivity index (χ3v) is 8.55. The van der Waals surface area contributed by atoms with Gasteiger partial charge in [0, 0.05) is 5.41 Å². The van der Waals surface area contributed by atoms with E-state index in [2.05, 4.69) is 124 Å². The second-order valence-corrected chi connectivity index (χ2v) is 10.9. The average Bonchev–Trinajstić information content (AvgIpc) is 3.14. The van der Waals surface area contributed by atoms with Gasteiger partial charge in [0.1, 0.15) is 0 Å². The molecule has 0 bridgehead atoms. The number of benzene rings is 5. The third-order valence-electron chi connectivity index (χ3n) is 8.55. The number of rotatable bonds is 2. The SMILES string of the molecule is Cc1ccc2ccccc2c1-c1ccc(-c2ccc3c(c2)C(C)(C)C2=C3C=CCC2)c2ccccc12. The first-order chi connectivity index (χ1) is 17.5. The lowest BCUT2D eigenvalue weighted by Crippen LogP contribution is -2.17. The highest BCUT2D eigenvalue weighted by atomic mass is 14.4. The summed E-state index contributed by atoms with van der Waals surface area (Å²) in [5.74, 6) is 0. The van der Waals surface area contributed by atoms with Crippen molar-refractivity contribution in [3.05, 3.63) is 125 Å². The number of allylic oxidation sites excluding steroid dienone is 4. The molecular formula is C36H30. The maximum absolute atomic E-state index is 2.46. The molecular weight excluding hydrogens is 432 g/mol. The largest absolute Gasteiger partial charge is 0.0836 e. The van der Waals surface area contributed by atoms with Crippen LogP contribution < -0.4 is 0 Å². The number of aryl methyl sites for hydroxylation is 1. The highest BCUT2D eigenvalue weighted by Gasteiger charge is 2.37. The van der Waals surface area contributed by atoms with Crippen molar-refractivity contribution in [2.45, 2.75) is 39.0 Å². The summed E-state index contributed by atoms with van der Waals surface area (Å²) in [6, 6.07) is 34.0. The highest BCUT2D eigenvalue weighted by molar-refractivity contribution is 6.10. The van der Waals surface area contributed by atoms with Crippen LogP contribution in [-0.4, -0.2) is 0 Å². The van der Waals surface area contributed by atoms with Crippen LogP contribution in [0, 0.1) is 6.92 Å². The fourth-order valence-corrected chi connectivity index (χ4v) is 6.70. The smallest absolute Gasteiger partial charge is 0.0121 e. The molecule has 2 aliphatic carbocycles. The Kier molecular flexibility index (Phi) is 4.63. The van der Waals surface area contributed by atoms with Gasteiger partial charge in [-0.1, -0.05) is 117 Å². The minimum atomic E-state index is 0.0846. The Labute approximate surface area is 213 Å². The van der Waals surface area contributed by atoms with Gasteiger partial charge in [0.25, 0.3) is 0 Å². The maximum Gasteiger partial charge on any atom is 0.0121 e. The van der Waals surface area contributed by atoms with Crippen LogP contribution in [0.15, 0.2) is 109 Å². The molecule has 0 spiro atoms. The molecule has 36 heavy (non-hydrogen) atoms. The van der Waals surface area contributed by atoms with E-state index in [9.17, 15) is 0 Å². The summed E-state index contributed by atoms with van der Waals surface area (Å²) in [6.07, 6.45) is 7.01. The van der Waals surface area contributed by atoms with Gasteiger partial charge in [0.2, 0.25) is 0 Å². The summed E-state index contributed by atoms with van der Waals surface area (Å²) >= 11 is 0. The molecule has 0 atom stereocenters. The quantitative estimate of drug-likeness (QED) is 0.245. The summed E-state index contributed by atoms with van der Waals surface area (Å²) in [5.41, 5.74) is 12.6. The van der Waals surface area contributed by atoms with E-state index in [1.54, 1.807) is 5.57 Å². The first-order valence-electron chi connectivity index (χ1n) is 13.1. The molecule has 0 amide bonds. The van der Waals surface area contributed by atoms with Crippen LogP contribution in [0.3, 0.4) is 0 Å². The molecule has 0 N–H and O–H groups in total. The van der Waals surface area contributed by atoms with Crippen LogP contribution in [0.25, 0.3) is 49.4 Å². The summed E-state index contributed by atoms with van der Waals surface area (Å²) in [7, 11) is 0. The zero-order valence-corrected chi connectivity index (χ0v) is 21.2. The van der Waals surface area contributed by atoms with Gasteiger partial charge in [0.05, 0.1) is 0 Å². The van der Waals surface area contributed by atoms with Crippen LogP contribution in [0.4, 0.5) is 0 Å². The first kappa shape index (κ1) is 21.4. The standard InChI is InChI=1S/C36H30/c1-23-16-17-24-10-4-5-11-27(24)35(23)32-21-20-26(28-12-6-7-13-29(28)32)25-18-19-31-30-14-8-9-15-33(30)36(2,3)34(31)22-25/h4-8,10-14,16-22H,9,15H2,1-3H3. The molecule has 0 nitrogen and oxygen atoms in total. The lowest BCUT2D eigenvalue weighted by atomic mass is 9.78. The van der Waals surface area contributed by atoms with Crippen LogP contribution >= 0.6 is 0 Å². The topological polar surface area (TPSA) is 0 Å². The molecule has 0 aromatic heterocycles. The predicted octanol–water partition coefficient (Wildman–Crippen LogP) is 10.0. The zero-order valence-electron chi connectivity index (χ0n) is 21.2. The molecule has 7 rings (SSSR count). The molecule has 0 fully saturated rings. The van der Waals surface area contributed by atoms with Crippen molar-refractivity contribution in [1.29, 1.82) is 0 Å². The van der Waals surface area contributed by atoms with E-state index in [-0.39, 0.29) is 5.41 Å². The molecule has 0 saturated heterocycles. The molecule has 0 saturated carbocycles. The van der Waals surface area contributed by atoms with E-state index in [0.717, 1.165) is 6.42 Å². The Hall–Kier alpha value is -3.90. The third kappa shape index (κ3) is 3.00. The van der Waals surface area contributed by atoms with Gasteiger partial charge in [0.15, 0.2) is 0 Å². The van der Waals surface area contributed by atoms with Gasteiger partial charge < -0.3 is 0 Å². The summed E-state index contributed by atoms with van der Waals surface area (Å²) in [4.78, 5) is 0. The van der Waals surface area contributed by atoms with Crippen molar-refractivity contribution in [1.82, 2.24) is 0 Å². The van der Waals surface area contributed by atoms with Gasteiger partial charge >= 0.3 is 0 Å². The number of fused-ring (bicyclic) bond motifs is 4. The van der Waals surface area contributed by atoms with Gasteiger partial charge in [-0.2, -0.15) is 0 Å². The Morgan fingerprint density at radius 2 is 1.36 bits per heavy atom. The summed E-state index contributed by atoms with van der Waals surface area (Å²) in [5, 5.41) is 5.24. The molecule has 0 radical (unpaired) electrons. The zero-order chi connectivity index (χ0) is 24.4. The average molecular weight is 463 g/mol. The first-order valence-corrected chi connectivity index (χ1v) is 13.1. The second kappa shape index (κ2) is 7.80. The van der Waals surface area contributed by atoms with Crippen LogP contribution in [0.2, 0.25) is 0 Å². The summed E-state index contributed by atoms with van der Waals surface area (Å²) < 4.78 is 0. The molecule has 0 heteroatoms. The van der Waals surface area contributed by atoms with Crippen molar-refractivity contribution in [2.75, 3.05) is 0 Å². The van der Waals surface area contributed by atoms with E-state index >= 15 is 0 Å². The Morgan fingerprint density at radius 3 is 2.19 bits per heavy atom. The van der Waals surface area contributed by atoms with Crippen LogP contribution in [0.1, 0.15) is 43.4 Å². The van der Waals surface area contributed by atoms with E-state index in [1.807, 2.05) is 0 Å². The van der Waals surface area contributed by atoms with E-state index in [4.69, 9.17) is 0 Å². The Morgan fingerprint density at radius 1 is 0.667 bits per heavy atom. The molecule has 174 valence electrons. The van der Waals surface area contributed by atoms with Crippen molar-refractivity contribution < 1.29 is 0 Å². The minimum absolute atomic E-state index is 0.0846. The summed E-state index contributed by atoms with van der Waals surface area (Å²) in [6.45, 7) is 7.04. The Bertz CT molecular complexity index is 1760. The lowest BCUT2D eigenvalue weighted by molar-refractivity contribution is 0.607. The van der Waals surface area contributed by atoms with Gasteiger partial charge in [-0.3, -0.25) is 0 Å². The van der Waals surface area contributed by atoms with Gasteiger partial charge in [-0.05, 0) is 91.9 Å². The predicted molar refractivity (Wildman–Crippen MR) is 155 cm³/mol. The van der Waals surface area contributed by atoms with E-state index in [0.29, 0.717) is 0 Å². The molecule has 2 aliphatic rings. The van der Waals surface area contributed by atoms with Crippen molar-refractivity contribution >= 4 is 27.1 Å². The van der Waals surface area contributed by atoms with Crippen LogP contribution in [-0.2, 0) is 5.41 Å².